The van der Waals surface area contributed by atoms with Gasteiger partial charge in [-0.05, 0) is 30.3 Å². The molecule has 3 aromatic rings. The zero-order valence-electron chi connectivity index (χ0n) is 14.2. The summed E-state index contributed by atoms with van der Waals surface area (Å²) in [7, 11) is 0. The fraction of sp³-hybridized carbons (Fsp3) is 0.0952. The Morgan fingerprint density at radius 2 is 1.74 bits per heavy atom. The van der Waals surface area contributed by atoms with Crippen LogP contribution in [0.4, 0.5) is 15.8 Å². The normalized spacial score (nSPS) is 17.4. The Morgan fingerprint density at radius 1 is 0.963 bits per heavy atom. The quantitative estimate of drug-likeness (QED) is 0.737. The van der Waals surface area contributed by atoms with Crippen LogP contribution in [0.2, 0.25) is 0 Å². The summed E-state index contributed by atoms with van der Waals surface area (Å²) in [4.78, 5) is 14.8. The van der Waals surface area contributed by atoms with Gasteiger partial charge in [0.1, 0.15) is 12.0 Å². The lowest BCUT2D eigenvalue weighted by Crippen LogP contribution is -2.43. The van der Waals surface area contributed by atoms with Crippen molar-refractivity contribution in [3.63, 3.8) is 0 Å². The van der Waals surface area contributed by atoms with Gasteiger partial charge in [-0.3, -0.25) is 9.69 Å². The SMILES string of the molecule is O=C1c2ccccc2N[C@@H](c2ccccc2F)N1c1ccc2c(c1)OCO2. The van der Waals surface area contributed by atoms with E-state index in [0.717, 1.165) is 0 Å². The molecule has 0 saturated carbocycles. The fourth-order valence-electron chi connectivity index (χ4n) is 3.47. The van der Waals surface area contributed by atoms with Gasteiger partial charge in [0.25, 0.3) is 5.91 Å². The summed E-state index contributed by atoms with van der Waals surface area (Å²) in [5.41, 5.74) is 2.19. The van der Waals surface area contributed by atoms with E-state index in [2.05, 4.69) is 5.32 Å². The highest BCUT2D eigenvalue weighted by Crippen LogP contribution is 2.41. The lowest BCUT2D eigenvalue weighted by molar-refractivity contribution is 0.0974. The van der Waals surface area contributed by atoms with E-state index in [1.165, 1.54) is 6.07 Å². The highest BCUT2D eigenvalue weighted by molar-refractivity contribution is 6.12. The molecule has 27 heavy (non-hydrogen) atoms. The lowest BCUT2D eigenvalue weighted by atomic mass is 10.0. The second-order valence-corrected chi connectivity index (χ2v) is 6.33. The van der Waals surface area contributed by atoms with E-state index in [0.29, 0.717) is 34.0 Å². The van der Waals surface area contributed by atoms with E-state index < -0.39 is 6.17 Å². The molecule has 2 heterocycles. The number of rotatable bonds is 2. The number of hydrogen-bond donors (Lipinski definition) is 1. The highest BCUT2D eigenvalue weighted by Gasteiger charge is 2.35. The maximum atomic E-state index is 14.6. The summed E-state index contributed by atoms with van der Waals surface area (Å²) in [6.07, 6.45) is -0.686. The molecule has 2 aliphatic heterocycles. The average molecular weight is 362 g/mol. The molecule has 0 radical (unpaired) electrons. The van der Waals surface area contributed by atoms with E-state index in [1.807, 2.05) is 12.1 Å². The second-order valence-electron chi connectivity index (χ2n) is 6.33. The Bertz CT molecular complexity index is 1050. The highest BCUT2D eigenvalue weighted by atomic mass is 19.1. The van der Waals surface area contributed by atoms with Crippen molar-refractivity contribution in [2.75, 3.05) is 17.0 Å². The minimum atomic E-state index is -0.686. The van der Waals surface area contributed by atoms with Crippen LogP contribution in [-0.2, 0) is 0 Å². The van der Waals surface area contributed by atoms with Crippen LogP contribution in [0, 0.1) is 5.82 Å². The van der Waals surface area contributed by atoms with Crippen molar-refractivity contribution >= 4 is 17.3 Å². The van der Waals surface area contributed by atoms with Gasteiger partial charge in [-0.15, -0.1) is 0 Å². The van der Waals surface area contributed by atoms with Crippen LogP contribution in [0.25, 0.3) is 0 Å². The Balaban J connectivity index is 1.67. The minimum Gasteiger partial charge on any atom is -0.454 e. The number of anilines is 2. The number of nitrogens with zero attached hydrogens (tertiary/aromatic N) is 1. The number of fused-ring (bicyclic) bond motifs is 2. The summed E-state index contributed by atoms with van der Waals surface area (Å²) in [5.74, 6) is 0.592. The van der Waals surface area contributed by atoms with Crippen molar-refractivity contribution in [1.82, 2.24) is 0 Å². The molecule has 3 aromatic carbocycles. The molecule has 5 rings (SSSR count). The maximum Gasteiger partial charge on any atom is 0.262 e. The van der Waals surface area contributed by atoms with Crippen molar-refractivity contribution in [2.45, 2.75) is 6.17 Å². The third-order valence-corrected chi connectivity index (χ3v) is 4.76. The molecule has 0 aromatic heterocycles. The van der Waals surface area contributed by atoms with Gasteiger partial charge < -0.3 is 14.8 Å². The maximum absolute atomic E-state index is 14.6. The molecular formula is C21H15FN2O3. The molecule has 1 amide bonds. The summed E-state index contributed by atoms with van der Waals surface area (Å²) in [6, 6.07) is 18.9. The molecule has 0 fully saturated rings. The van der Waals surface area contributed by atoms with Gasteiger partial charge in [0.2, 0.25) is 6.79 Å². The van der Waals surface area contributed by atoms with Crippen molar-refractivity contribution in [3.8, 4) is 11.5 Å². The van der Waals surface area contributed by atoms with Gasteiger partial charge in [-0.1, -0.05) is 30.3 Å². The van der Waals surface area contributed by atoms with E-state index in [9.17, 15) is 9.18 Å². The topological polar surface area (TPSA) is 50.8 Å². The molecule has 0 aliphatic carbocycles. The van der Waals surface area contributed by atoms with Gasteiger partial charge in [0.15, 0.2) is 11.5 Å². The van der Waals surface area contributed by atoms with Gasteiger partial charge >= 0.3 is 0 Å². The fourth-order valence-corrected chi connectivity index (χ4v) is 3.47. The van der Waals surface area contributed by atoms with Crippen LogP contribution in [0.15, 0.2) is 66.7 Å². The lowest BCUT2D eigenvalue weighted by Gasteiger charge is -2.38. The van der Waals surface area contributed by atoms with Gasteiger partial charge in [-0.2, -0.15) is 0 Å². The van der Waals surface area contributed by atoms with Crippen LogP contribution < -0.4 is 19.7 Å². The van der Waals surface area contributed by atoms with Crippen molar-refractivity contribution in [1.29, 1.82) is 0 Å². The number of hydrogen-bond acceptors (Lipinski definition) is 4. The van der Waals surface area contributed by atoms with Crippen LogP contribution in [0.5, 0.6) is 11.5 Å². The van der Waals surface area contributed by atoms with E-state index in [1.54, 1.807) is 53.4 Å². The average Bonchev–Trinajstić information content (AvgIpc) is 3.16. The standard InChI is InChI=1S/C21H15FN2O3/c22-16-7-3-1-5-14(16)20-23-17-8-4-2-6-15(17)21(25)24(20)13-9-10-18-19(11-13)27-12-26-18/h1-11,20,23H,12H2/t20-/m1/s1. The second kappa shape index (κ2) is 6.02. The number of para-hydroxylation sites is 1. The first-order valence-corrected chi connectivity index (χ1v) is 8.55. The number of halogens is 1. The molecule has 2 aliphatic rings. The summed E-state index contributed by atoms with van der Waals surface area (Å²) >= 11 is 0. The summed E-state index contributed by atoms with van der Waals surface area (Å²) < 4.78 is 25.4. The van der Waals surface area contributed by atoms with E-state index in [-0.39, 0.29) is 18.5 Å². The molecule has 6 heteroatoms. The minimum absolute atomic E-state index is 0.143. The summed E-state index contributed by atoms with van der Waals surface area (Å²) in [5, 5.41) is 3.29. The third kappa shape index (κ3) is 2.49. The van der Waals surface area contributed by atoms with E-state index in [4.69, 9.17) is 9.47 Å². The summed E-state index contributed by atoms with van der Waals surface area (Å²) in [6.45, 7) is 0.143. The molecule has 5 nitrogen and oxygen atoms in total. The van der Waals surface area contributed by atoms with Gasteiger partial charge in [0, 0.05) is 17.3 Å². The molecule has 134 valence electrons. The van der Waals surface area contributed by atoms with Gasteiger partial charge in [0.05, 0.1) is 11.3 Å². The largest absolute Gasteiger partial charge is 0.454 e. The van der Waals surface area contributed by atoms with Crippen LogP contribution >= 0.6 is 0 Å². The zero-order chi connectivity index (χ0) is 18.4. The molecule has 1 atom stereocenters. The Hall–Kier alpha value is -3.54. The van der Waals surface area contributed by atoms with Crippen LogP contribution in [-0.4, -0.2) is 12.7 Å². The first kappa shape index (κ1) is 15.7. The number of carbonyl (C=O) groups is 1. The molecule has 0 bridgehead atoms. The molecule has 1 N–H and O–H groups in total. The van der Waals surface area contributed by atoms with Crippen molar-refractivity contribution in [2.24, 2.45) is 0 Å². The zero-order valence-corrected chi connectivity index (χ0v) is 14.2. The van der Waals surface area contributed by atoms with E-state index >= 15 is 0 Å². The predicted octanol–water partition coefficient (Wildman–Crippen LogP) is 4.33. The van der Waals surface area contributed by atoms with Crippen LogP contribution in [0.3, 0.4) is 0 Å². The first-order valence-electron chi connectivity index (χ1n) is 8.55. The number of benzene rings is 3. The third-order valence-electron chi connectivity index (χ3n) is 4.76. The number of nitrogens with one attached hydrogen (secondary N) is 1. The van der Waals surface area contributed by atoms with Gasteiger partial charge in [-0.25, -0.2) is 4.39 Å². The Kier molecular flexibility index (Phi) is 3.50. The molecule has 0 saturated heterocycles. The van der Waals surface area contributed by atoms with Crippen molar-refractivity contribution < 1.29 is 18.7 Å². The number of amides is 1. The first-order chi connectivity index (χ1) is 13.2. The number of carbonyl (C=O) groups excluding carboxylic acids is 1. The van der Waals surface area contributed by atoms with Crippen molar-refractivity contribution in [3.05, 3.63) is 83.7 Å². The molecule has 0 unspecified atom stereocenters. The predicted molar refractivity (Wildman–Crippen MR) is 98.6 cm³/mol. The monoisotopic (exact) mass is 362 g/mol. The molecular weight excluding hydrogens is 347 g/mol. The number of ether oxygens (including phenoxy) is 2. The smallest absolute Gasteiger partial charge is 0.262 e. The Morgan fingerprint density at radius 3 is 2.63 bits per heavy atom. The molecule has 0 spiro atoms. The van der Waals surface area contributed by atoms with Crippen LogP contribution in [0.1, 0.15) is 22.1 Å². The Labute approximate surface area is 154 Å².